The van der Waals surface area contributed by atoms with Crippen molar-refractivity contribution in [2.45, 2.75) is 47.0 Å². The molecule has 2 heterocycles. The first kappa shape index (κ1) is 18.9. The fraction of sp³-hybridized carbons (Fsp3) is 0.409. The molecule has 1 atom stereocenters. The number of nitrogens with one attached hydrogen (secondary N) is 2. The Morgan fingerprint density at radius 1 is 1.21 bits per heavy atom. The Morgan fingerprint density at radius 3 is 2.75 bits per heavy atom. The summed E-state index contributed by atoms with van der Waals surface area (Å²) in [5, 5.41) is 7.42. The maximum absolute atomic E-state index is 11.3. The Balaban J connectivity index is 1.68. The van der Waals surface area contributed by atoms with Gasteiger partial charge in [-0.05, 0) is 54.4 Å². The highest BCUT2D eigenvalue weighted by Crippen LogP contribution is 2.44. The van der Waals surface area contributed by atoms with E-state index in [2.05, 4.69) is 41.4 Å². The summed E-state index contributed by atoms with van der Waals surface area (Å²) in [5.74, 6) is 1.46. The number of benzene rings is 1. The average Bonchev–Trinajstić information content (AvgIpc) is 2.99. The van der Waals surface area contributed by atoms with E-state index < -0.39 is 0 Å². The molecular weight excluding hydrogens is 368 g/mol. The zero-order valence-corrected chi connectivity index (χ0v) is 17.6. The molecule has 28 heavy (non-hydrogen) atoms. The molecule has 2 aromatic heterocycles. The number of aromatic nitrogens is 2. The van der Waals surface area contributed by atoms with Gasteiger partial charge in [0.25, 0.3) is 0 Å². The van der Waals surface area contributed by atoms with Crippen molar-refractivity contribution in [1.82, 2.24) is 9.97 Å². The molecule has 1 unspecified atom stereocenters. The second-order valence-corrected chi connectivity index (χ2v) is 9.68. The molecule has 1 aliphatic carbocycles. The predicted octanol–water partition coefficient (Wildman–Crippen LogP) is 5.54. The van der Waals surface area contributed by atoms with Crippen LogP contribution >= 0.6 is 11.3 Å². The highest BCUT2D eigenvalue weighted by Gasteiger charge is 2.31. The Kier molecular flexibility index (Phi) is 4.83. The van der Waals surface area contributed by atoms with Gasteiger partial charge in [-0.3, -0.25) is 4.79 Å². The van der Waals surface area contributed by atoms with Crippen molar-refractivity contribution in [2.24, 2.45) is 11.3 Å². The number of rotatable bonds is 3. The number of fused-ring (bicyclic) bond motifs is 3. The fourth-order valence-electron chi connectivity index (χ4n) is 3.96. The van der Waals surface area contributed by atoms with Gasteiger partial charge in [0.2, 0.25) is 5.91 Å². The highest BCUT2D eigenvalue weighted by molar-refractivity contribution is 7.19. The topological polar surface area (TPSA) is 66.9 Å². The number of thiophene rings is 1. The van der Waals surface area contributed by atoms with E-state index in [9.17, 15) is 4.79 Å². The minimum absolute atomic E-state index is 0.0816. The minimum atomic E-state index is -0.0816. The summed E-state index contributed by atoms with van der Waals surface area (Å²) in [7, 11) is 0. The summed E-state index contributed by atoms with van der Waals surface area (Å²) in [6.07, 6.45) is 5.03. The van der Waals surface area contributed by atoms with Crippen molar-refractivity contribution in [3.05, 3.63) is 41.0 Å². The molecule has 4 rings (SSSR count). The lowest BCUT2D eigenvalue weighted by molar-refractivity contribution is -0.114. The summed E-state index contributed by atoms with van der Waals surface area (Å²) in [5.41, 5.74) is 3.39. The quantitative estimate of drug-likeness (QED) is 0.612. The molecule has 0 aliphatic heterocycles. The number of aryl methyl sites for hydroxylation is 1. The zero-order chi connectivity index (χ0) is 19.9. The molecule has 2 N–H and O–H groups in total. The van der Waals surface area contributed by atoms with Crippen LogP contribution in [0.5, 0.6) is 0 Å². The van der Waals surface area contributed by atoms with Crippen LogP contribution in [-0.2, 0) is 17.6 Å². The van der Waals surface area contributed by atoms with Gasteiger partial charge in [-0.2, -0.15) is 0 Å². The van der Waals surface area contributed by atoms with Crippen molar-refractivity contribution < 1.29 is 4.79 Å². The van der Waals surface area contributed by atoms with Gasteiger partial charge >= 0.3 is 0 Å². The van der Waals surface area contributed by atoms with Crippen molar-refractivity contribution >= 4 is 44.7 Å². The second-order valence-electron chi connectivity index (χ2n) is 8.60. The van der Waals surface area contributed by atoms with Gasteiger partial charge in [-0.15, -0.1) is 11.3 Å². The molecule has 1 amide bonds. The molecule has 1 aliphatic rings. The smallest absolute Gasteiger partial charge is 0.221 e. The average molecular weight is 395 g/mol. The van der Waals surface area contributed by atoms with E-state index in [0.29, 0.717) is 11.3 Å². The van der Waals surface area contributed by atoms with Crippen LogP contribution in [0.15, 0.2) is 30.6 Å². The van der Waals surface area contributed by atoms with Gasteiger partial charge in [0, 0.05) is 23.2 Å². The van der Waals surface area contributed by atoms with Gasteiger partial charge in [-0.1, -0.05) is 26.8 Å². The molecule has 5 nitrogen and oxygen atoms in total. The van der Waals surface area contributed by atoms with E-state index in [-0.39, 0.29) is 5.91 Å². The van der Waals surface area contributed by atoms with Crippen LogP contribution in [0.4, 0.5) is 17.2 Å². The number of anilines is 3. The SMILES string of the molecule is CC(=O)Nc1cccc(Nc2ncnc3sc4c(c23)CCC(C(C)(C)C)C4)c1. The van der Waals surface area contributed by atoms with E-state index in [4.69, 9.17) is 0 Å². The molecule has 146 valence electrons. The Hall–Kier alpha value is -2.47. The molecule has 0 saturated carbocycles. The summed E-state index contributed by atoms with van der Waals surface area (Å²) in [6, 6.07) is 7.70. The van der Waals surface area contributed by atoms with E-state index in [1.807, 2.05) is 35.6 Å². The van der Waals surface area contributed by atoms with Gasteiger partial charge in [0.15, 0.2) is 0 Å². The molecule has 0 fully saturated rings. The standard InChI is InChI=1S/C22H26N4OS/c1-13(27)25-15-6-5-7-16(11-15)26-20-19-17-9-8-14(22(2,3)4)10-18(17)28-21(19)24-12-23-20/h5-7,11-12,14H,8-10H2,1-4H3,(H,25,27)(H,23,24,26). The summed E-state index contributed by atoms with van der Waals surface area (Å²) in [6.45, 7) is 8.52. The van der Waals surface area contributed by atoms with Crippen molar-refractivity contribution in [2.75, 3.05) is 10.6 Å². The first-order valence-electron chi connectivity index (χ1n) is 9.71. The van der Waals surface area contributed by atoms with Gasteiger partial charge in [0.05, 0.1) is 5.39 Å². The first-order chi connectivity index (χ1) is 13.3. The van der Waals surface area contributed by atoms with Crippen LogP contribution in [0.3, 0.4) is 0 Å². The molecule has 0 saturated heterocycles. The normalized spacial score (nSPS) is 16.6. The van der Waals surface area contributed by atoms with E-state index in [1.54, 1.807) is 6.33 Å². The monoisotopic (exact) mass is 394 g/mol. The minimum Gasteiger partial charge on any atom is -0.340 e. The second kappa shape index (κ2) is 7.17. The Labute approximate surface area is 169 Å². The third-order valence-electron chi connectivity index (χ3n) is 5.52. The lowest BCUT2D eigenvalue weighted by Crippen LogP contribution is -2.26. The fourth-order valence-corrected chi connectivity index (χ4v) is 5.23. The van der Waals surface area contributed by atoms with Gasteiger partial charge in [0.1, 0.15) is 17.0 Å². The third-order valence-corrected chi connectivity index (χ3v) is 6.68. The molecular formula is C22H26N4OS. The third kappa shape index (κ3) is 3.74. The molecule has 0 radical (unpaired) electrons. The van der Waals surface area contributed by atoms with Crippen LogP contribution in [0.1, 0.15) is 44.6 Å². The Bertz CT molecular complexity index is 1030. The van der Waals surface area contributed by atoms with E-state index in [1.165, 1.54) is 23.8 Å². The van der Waals surface area contributed by atoms with E-state index >= 15 is 0 Å². The van der Waals surface area contributed by atoms with E-state index in [0.717, 1.165) is 40.3 Å². The van der Waals surface area contributed by atoms with Crippen LogP contribution in [0.2, 0.25) is 0 Å². The van der Waals surface area contributed by atoms with Gasteiger partial charge < -0.3 is 10.6 Å². The van der Waals surface area contributed by atoms with Crippen molar-refractivity contribution in [3.63, 3.8) is 0 Å². The number of carbonyl (C=O) groups excluding carboxylic acids is 1. The van der Waals surface area contributed by atoms with Crippen LogP contribution < -0.4 is 10.6 Å². The number of carbonyl (C=O) groups is 1. The maximum Gasteiger partial charge on any atom is 0.221 e. The van der Waals surface area contributed by atoms with Crippen LogP contribution in [0.25, 0.3) is 10.2 Å². The van der Waals surface area contributed by atoms with Crippen molar-refractivity contribution in [3.8, 4) is 0 Å². The predicted molar refractivity (Wildman–Crippen MR) is 116 cm³/mol. The summed E-state index contributed by atoms with van der Waals surface area (Å²) >= 11 is 1.81. The van der Waals surface area contributed by atoms with Crippen molar-refractivity contribution in [1.29, 1.82) is 0 Å². The summed E-state index contributed by atoms with van der Waals surface area (Å²) in [4.78, 5) is 22.9. The Morgan fingerprint density at radius 2 is 2.00 bits per heavy atom. The molecule has 0 bridgehead atoms. The largest absolute Gasteiger partial charge is 0.340 e. The van der Waals surface area contributed by atoms with Crippen LogP contribution in [-0.4, -0.2) is 15.9 Å². The molecule has 6 heteroatoms. The number of amides is 1. The lowest BCUT2D eigenvalue weighted by Gasteiger charge is -2.33. The molecule has 0 spiro atoms. The maximum atomic E-state index is 11.3. The number of hydrogen-bond acceptors (Lipinski definition) is 5. The number of nitrogens with zero attached hydrogens (tertiary/aromatic N) is 2. The molecule has 3 aromatic rings. The first-order valence-corrected chi connectivity index (χ1v) is 10.5. The molecule has 1 aromatic carbocycles. The van der Waals surface area contributed by atoms with Crippen LogP contribution in [0, 0.1) is 11.3 Å². The summed E-state index contributed by atoms with van der Waals surface area (Å²) < 4.78 is 0. The van der Waals surface area contributed by atoms with Gasteiger partial charge in [-0.25, -0.2) is 9.97 Å². The zero-order valence-electron chi connectivity index (χ0n) is 16.8. The lowest BCUT2D eigenvalue weighted by atomic mass is 9.72. The number of hydrogen-bond donors (Lipinski definition) is 2. The highest BCUT2D eigenvalue weighted by atomic mass is 32.1.